The van der Waals surface area contributed by atoms with Crippen LogP contribution in [0.5, 0.6) is 11.5 Å². The molecule has 2 aromatic carbocycles. The topological polar surface area (TPSA) is 82.0 Å². The summed E-state index contributed by atoms with van der Waals surface area (Å²) < 4.78 is 12.6. The van der Waals surface area contributed by atoms with Crippen LogP contribution in [0.4, 0.5) is 0 Å². The van der Waals surface area contributed by atoms with Crippen molar-refractivity contribution in [1.82, 2.24) is 19.7 Å². The Balaban J connectivity index is 1.56. The van der Waals surface area contributed by atoms with Crippen LogP contribution in [0.25, 0.3) is 17.0 Å². The highest BCUT2D eigenvalue weighted by atomic mass is 16.5. The van der Waals surface area contributed by atoms with Gasteiger partial charge in [0.1, 0.15) is 11.5 Å². The SMILES string of the molecule is COc1ccc(C2CC(=O)c3cnn(-c4nc5ccccc5[nH]4)c3C2)c(OC)c1. The maximum Gasteiger partial charge on any atom is 0.229 e. The zero-order chi connectivity index (χ0) is 20.0. The first-order chi connectivity index (χ1) is 14.2. The lowest BCUT2D eigenvalue weighted by atomic mass is 9.82. The quantitative estimate of drug-likeness (QED) is 0.577. The van der Waals surface area contributed by atoms with E-state index in [4.69, 9.17) is 9.47 Å². The standard InChI is InChI=1S/C22H20N4O3/c1-28-14-7-8-15(21(11-14)29-2)13-9-19-16(20(27)10-13)12-23-26(19)22-24-17-5-3-4-6-18(17)25-22/h3-8,11-13H,9-10H2,1-2H3,(H,24,25). The highest BCUT2D eigenvalue weighted by Gasteiger charge is 2.32. The van der Waals surface area contributed by atoms with Crippen LogP contribution in [-0.2, 0) is 6.42 Å². The summed E-state index contributed by atoms with van der Waals surface area (Å²) in [4.78, 5) is 20.8. The van der Waals surface area contributed by atoms with E-state index in [9.17, 15) is 4.79 Å². The maximum absolute atomic E-state index is 12.9. The highest BCUT2D eigenvalue weighted by molar-refractivity contribution is 5.98. The average molecular weight is 388 g/mol. The molecule has 4 aromatic rings. The number of nitrogens with one attached hydrogen (secondary N) is 1. The lowest BCUT2D eigenvalue weighted by Gasteiger charge is -2.24. The smallest absolute Gasteiger partial charge is 0.229 e. The van der Waals surface area contributed by atoms with Gasteiger partial charge in [-0.15, -0.1) is 0 Å². The Kier molecular flexibility index (Phi) is 4.08. The van der Waals surface area contributed by atoms with E-state index in [1.165, 1.54) is 0 Å². The van der Waals surface area contributed by atoms with Crippen LogP contribution in [0.2, 0.25) is 0 Å². The zero-order valence-corrected chi connectivity index (χ0v) is 16.2. The number of nitrogens with zero attached hydrogens (tertiary/aromatic N) is 3. The number of benzene rings is 2. The number of para-hydroxylation sites is 2. The number of hydrogen-bond acceptors (Lipinski definition) is 5. The summed E-state index contributed by atoms with van der Waals surface area (Å²) in [5.41, 5.74) is 4.31. The second-order valence-electron chi connectivity index (χ2n) is 7.13. The fourth-order valence-corrected chi connectivity index (χ4v) is 4.04. The van der Waals surface area contributed by atoms with Gasteiger partial charge in [-0.05, 0) is 30.2 Å². The lowest BCUT2D eigenvalue weighted by Crippen LogP contribution is -2.21. The van der Waals surface area contributed by atoms with Crippen LogP contribution in [0.15, 0.2) is 48.7 Å². The Morgan fingerprint density at radius 1 is 1.10 bits per heavy atom. The molecule has 0 aliphatic heterocycles. The van der Waals surface area contributed by atoms with E-state index in [0.717, 1.165) is 33.8 Å². The molecular weight excluding hydrogens is 368 g/mol. The number of carbonyl (C=O) groups excluding carboxylic acids is 1. The minimum atomic E-state index is -0.00400. The van der Waals surface area contributed by atoms with Crippen molar-refractivity contribution in [1.29, 1.82) is 0 Å². The first kappa shape index (κ1) is 17.5. The maximum atomic E-state index is 12.9. The molecule has 7 nitrogen and oxygen atoms in total. The van der Waals surface area contributed by atoms with Gasteiger partial charge in [-0.3, -0.25) is 4.79 Å². The van der Waals surface area contributed by atoms with Crippen molar-refractivity contribution in [2.75, 3.05) is 14.2 Å². The Hall–Kier alpha value is -3.61. The van der Waals surface area contributed by atoms with Crippen molar-refractivity contribution in [3.05, 3.63) is 65.5 Å². The van der Waals surface area contributed by atoms with Gasteiger partial charge in [0.15, 0.2) is 5.78 Å². The first-order valence-electron chi connectivity index (χ1n) is 9.45. The monoisotopic (exact) mass is 388 g/mol. The molecule has 2 heterocycles. The summed E-state index contributed by atoms with van der Waals surface area (Å²) in [5, 5.41) is 4.46. The molecular formula is C22H20N4O3. The zero-order valence-electron chi connectivity index (χ0n) is 16.2. The van der Waals surface area contributed by atoms with Gasteiger partial charge in [0.05, 0.1) is 42.7 Å². The molecule has 0 fully saturated rings. The first-order valence-corrected chi connectivity index (χ1v) is 9.45. The van der Waals surface area contributed by atoms with Gasteiger partial charge in [-0.2, -0.15) is 5.10 Å². The molecule has 1 atom stereocenters. The van der Waals surface area contributed by atoms with Crippen LogP contribution in [-0.4, -0.2) is 39.8 Å². The molecule has 1 aliphatic carbocycles. The van der Waals surface area contributed by atoms with Gasteiger partial charge < -0.3 is 14.5 Å². The molecule has 0 amide bonds. The Morgan fingerprint density at radius 2 is 1.97 bits per heavy atom. The van der Waals surface area contributed by atoms with E-state index in [0.29, 0.717) is 24.4 Å². The molecule has 0 saturated heterocycles. The van der Waals surface area contributed by atoms with Crippen molar-refractivity contribution >= 4 is 16.8 Å². The molecule has 1 unspecified atom stereocenters. The van der Waals surface area contributed by atoms with Gasteiger partial charge >= 0.3 is 0 Å². The number of rotatable bonds is 4. The third-order valence-electron chi connectivity index (χ3n) is 5.50. The van der Waals surface area contributed by atoms with E-state index < -0.39 is 0 Å². The van der Waals surface area contributed by atoms with Crippen molar-refractivity contribution in [2.24, 2.45) is 0 Å². The molecule has 0 bridgehead atoms. The van der Waals surface area contributed by atoms with Crippen LogP contribution in [0.1, 0.15) is 34.0 Å². The Morgan fingerprint density at radius 3 is 2.76 bits per heavy atom. The second kappa shape index (κ2) is 6.77. The number of imidazole rings is 1. The van der Waals surface area contributed by atoms with Gasteiger partial charge in [0, 0.05) is 18.4 Å². The van der Waals surface area contributed by atoms with Crippen LogP contribution < -0.4 is 9.47 Å². The summed E-state index contributed by atoms with van der Waals surface area (Å²) in [6, 6.07) is 13.5. The number of ketones is 1. The lowest BCUT2D eigenvalue weighted by molar-refractivity contribution is 0.0963. The molecule has 0 saturated carbocycles. The number of fused-ring (bicyclic) bond motifs is 2. The summed E-state index contributed by atoms with van der Waals surface area (Å²) in [5.74, 6) is 2.14. The van der Waals surface area contributed by atoms with Crippen molar-refractivity contribution in [3.8, 4) is 17.4 Å². The van der Waals surface area contributed by atoms with Crippen molar-refractivity contribution < 1.29 is 14.3 Å². The highest BCUT2D eigenvalue weighted by Crippen LogP contribution is 2.39. The van der Waals surface area contributed by atoms with Crippen LogP contribution >= 0.6 is 0 Å². The molecule has 2 aromatic heterocycles. The van der Waals surface area contributed by atoms with E-state index in [1.54, 1.807) is 25.1 Å². The molecule has 1 N–H and O–H groups in total. The summed E-state index contributed by atoms with van der Waals surface area (Å²) in [6.45, 7) is 0. The van der Waals surface area contributed by atoms with Crippen molar-refractivity contribution in [3.63, 3.8) is 0 Å². The molecule has 0 spiro atoms. The van der Waals surface area contributed by atoms with Crippen LogP contribution in [0.3, 0.4) is 0 Å². The third-order valence-corrected chi connectivity index (χ3v) is 5.50. The number of aromatic nitrogens is 4. The number of H-pyrrole nitrogens is 1. The van der Waals surface area contributed by atoms with Gasteiger partial charge in [0.25, 0.3) is 0 Å². The normalized spacial score (nSPS) is 16.1. The van der Waals surface area contributed by atoms with E-state index in [-0.39, 0.29) is 11.7 Å². The summed E-state index contributed by atoms with van der Waals surface area (Å²) in [6.07, 6.45) is 2.73. The summed E-state index contributed by atoms with van der Waals surface area (Å²) >= 11 is 0. The third kappa shape index (κ3) is 2.86. The fraction of sp³-hybridized carbons (Fsp3) is 0.227. The molecule has 7 heteroatoms. The van der Waals surface area contributed by atoms with E-state index >= 15 is 0 Å². The predicted octanol–water partition coefficient (Wildman–Crippen LogP) is 3.68. The number of carbonyl (C=O) groups is 1. The largest absolute Gasteiger partial charge is 0.497 e. The number of Topliss-reactive ketones (excluding diaryl/α,β-unsaturated/α-hetero) is 1. The molecule has 146 valence electrons. The minimum absolute atomic E-state index is 0.00400. The fourth-order valence-electron chi connectivity index (χ4n) is 4.04. The number of hydrogen-bond donors (Lipinski definition) is 1. The minimum Gasteiger partial charge on any atom is -0.497 e. The van der Waals surface area contributed by atoms with Gasteiger partial charge in [-0.25, -0.2) is 9.67 Å². The predicted molar refractivity (Wildman–Crippen MR) is 108 cm³/mol. The van der Waals surface area contributed by atoms with E-state index in [1.807, 2.05) is 42.5 Å². The van der Waals surface area contributed by atoms with Gasteiger partial charge in [-0.1, -0.05) is 18.2 Å². The number of aromatic amines is 1. The molecule has 29 heavy (non-hydrogen) atoms. The number of methoxy groups -OCH3 is 2. The molecule has 5 rings (SSSR count). The summed E-state index contributed by atoms with van der Waals surface area (Å²) in [7, 11) is 3.25. The van der Waals surface area contributed by atoms with E-state index in [2.05, 4.69) is 15.1 Å². The second-order valence-corrected chi connectivity index (χ2v) is 7.13. The number of ether oxygens (including phenoxy) is 2. The molecule has 1 aliphatic rings. The Labute approximate surface area is 167 Å². The molecule has 0 radical (unpaired) electrons. The van der Waals surface area contributed by atoms with Gasteiger partial charge in [0.2, 0.25) is 5.95 Å². The van der Waals surface area contributed by atoms with Crippen molar-refractivity contribution in [2.45, 2.75) is 18.8 Å². The van der Waals surface area contributed by atoms with Crippen LogP contribution in [0, 0.1) is 0 Å². The Bertz CT molecular complexity index is 1190. The average Bonchev–Trinajstić information content (AvgIpc) is 3.37.